The van der Waals surface area contributed by atoms with Crippen LogP contribution in [0.4, 0.5) is 10.5 Å². The number of amides is 1. The number of carbonyl (C=O) groups excluding carboxylic acids is 1. The molecular formula is C24H21NO4. The molecule has 0 fully saturated rings. The van der Waals surface area contributed by atoms with Gasteiger partial charge in [-0.25, -0.2) is 9.59 Å². The van der Waals surface area contributed by atoms with Crippen molar-refractivity contribution in [2.24, 2.45) is 0 Å². The molecule has 4 rings (SSSR count). The van der Waals surface area contributed by atoms with Crippen molar-refractivity contribution in [3.05, 3.63) is 89.0 Å². The van der Waals surface area contributed by atoms with Gasteiger partial charge in [-0.05, 0) is 52.4 Å². The van der Waals surface area contributed by atoms with E-state index in [1.807, 2.05) is 31.2 Å². The number of ether oxygens (including phenoxy) is 1. The number of rotatable bonds is 5. The number of aromatic carboxylic acids is 1. The number of anilines is 1. The molecule has 29 heavy (non-hydrogen) atoms. The normalized spacial score (nSPS) is 12.2. The molecule has 0 unspecified atom stereocenters. The lowest BCUT2D eigenvalue weighted by Gasteiger charge is -2.15. The predicted octanol–water partition coefficient (Wildman–Crippen LogP) is 5.31. The zero-order valence-corrected chi connectivity index (χ0v) is 16.0. The highest BCUT2D eigenvalue weighted by atomic mass is 16.5. The van der Waals surface area contributed by atoms with E-state index in [2.05, 4.69) is 29.6 Å². The Labute approximate surface area is 169 Å². The Bertz CT molecular complexity index is 1040. The van der Waals surface area contributed by atoms with Crippen molar-refractivity contribution in [2.45, 2.75) is 19.3 Å². The summed E-state index contributed by atoms with van der Waals surface area (Å²) in [5, 5.41) is 11.9. The molecule has 0 heterocycles. The molecule has 0 aliphatic heterocycles. The Morgan fingerprint density at radius 2 is 1.59 bits per heavy atom. The molecule has 0 aromatic heterocycles. The number of fused-ring (bicyclic) bond motifs is 3. The Hall–Kier alpha value is -3.60. The average molecular weight is 387 g/mol. The summed E-state index contributed by atoms with van der Waals surface area (Å²) < 4.78 is 5.55. The first-order chi connectivity index (χ1) is 14.1. The van der Waals surface area contributed by atoms with Gasteiger partial charge < -0.3 is 9.84 Å². The zero-order chi connectivity index (χ0) is 20.4. The van der Waals surface area contributed by atoms with Gasteiger partial charge in [0.25, 0.3) is 0 Å². The molecule has 1 aliphatic rings. The minimum absolute atomic E-state index is 0.00631. The van der Waals surface area contributed by atoms with Crippen molar-refractivity contribution in [3.8, 4) is 11.1 Å². The maximum Gasteiger partial charge on any atom is 0.411 e. The second-order valence-electron chi connectivity index (χ2n) is 6.98. The quantitative estimate of drug-likeness (QED) is 0.622. The van der Waals surface area contributed by atoms with Gasteiger partial charge in [0, 0.05) is 11.6 Å². The number of carbonyl (C=O) groups is 2. The van der Waals surface area contributed by atoms with Crippen LogP contribution in [0.1, 0.15) is 39.9 Å². The van der Waals surface area contributed by atoms with Crippen molar-refractivity contribution < 1.29 is 19.4 Å². The van der Waals surface area contributed by atoms with Gasteiger partial charge in [0.15, 0.2) is 0 Å². The maximum atomic E-state index is 12.4. The first-order valence-corrected chi connectivity index (χ1v) is 9.56. The van der Waals surface area contributed by atoms with E-state index < -0.39 is 12.1 Å². The molecule has 0 atom stereocenters. The number of hydrogen-bond acceptors (Lipinski definition) is 3. The average Bonchev–Trinajstić information content (AvgIpc) is 3.06. The monoisotopic (exact) mass is 387 g/mol. The summed E-state index contributed by atoms with van der Waals surface area (Å²) in [7, 11) is 0. The standard InChI is InChI=1S/C24H21NO4/c1-2-15-13-16(23(26)27)11-12-22(15)25-24(28)29-14-21-19-9-5-3-7-17(19)18-8-4-6-10-20(18)21/h3-13,21H,2,14H2,1H3,(H,25,28)(H,26,27). The second kappa shape index (κ2) is 7.80. The van der Waals surface area contributed by atoms with Crippen LogP contribution in [0.25, 0.3) is 11.1 Å². The molecule has 5 nitrogen and oxygen atoms in total. The van der Waals surface area contributed by atoms with Gasteiger partial charge in [0.05, 0.1) is 5.56 Å². The van der Waals surface area contributed by atoms with Crippen molar-refractivity contribution >= 4 is 17.7 Å². The van der Waals surface area contributed by atoms with E-state index in [9.17, 15) is 9.59 Å². The van der Waals surface area contributed by atoms with Crippen molar-refractivity contribution in [1.82, 2.24) is 0 Å². The zero-order valence-electron chi connectivity index (χ0n) is 16.0. The first-order valence-electron chi connectivity index (χ1n) is 9.56. The number of carboxylic acids is 1. The van der Waals surface area contributed by atoms with Crippen LogP contribution < -0.4 is 5.32 Å². The van der Waals surface area contributed by atoms with Crippen molar-refractivity contribution in [1.29, 1.82) is 0 Å². The summed E-state index contributed by atoms with van der Waals surface area (Å²) in [5.41, 5.74) is 6.17. The van der Waals surface area contributed by atoms with Gasteiger partial charge in [-0.2, -0.15) is 0 Å². The topological polar surface area (TPSA) is 75.6 Å². The van der Waals surface area contributed by atoms with Crippen LogP contribution in [-0.2, 0) is 11.2 Å². The fraction of sp³-hybridized carbons (Fsp3) is 0.167. The van der Waals surface area contributed by atoms with E-state index in [0.29, 0.717) is 12.1 Å². The lowest BCUT2D eigenvalue weighted by molar-refractivity contribution is 0.0696. The van der Waals surface area contributed by atoms with E-state index in [1.54, 1.807) is 12.1 Å². The van der Waals surface area contributed by atoms with Crippen LogP contribution >= 0.6 is 0 Å². The van der Waals surface area contributed by atoms with Crippen LogP contribution in [0.3, 0.4) is 0 Å². The van der Waals surface area contributed by atoms with Gasteiger partial charge >= 0.3 is 12.1 Å². The summed E-state index contributed by atoms with van der Waals surface area (Å²) >= 11 is 0. The lowest BCUT2D eigenvalue weighted by atomic mass is 9.98. The minimum Gasteiger partial charge on any atom is -0.478 e. The molecule has 1 amide bonds. The summed E-state index contributed by atoms with van der Waals surface area (Å²) in [6, 6.07) is 21.0. The van der Waals surface area contributed by atoms with Crippen LogP contribution in [0.2, 0.25) is 0 Å². The molecule has 1 aliphatic carbocycles. The Kier molecular flexibility index (Phi) is 5.04. The highest BCUT2D eigenvalue weighted by Crippen LogP contribution is 2.44. The molecule has 0 saturated carbocycles. The third-order valence-electron chi connectivity index (χ3n) is 5.31. The summed E-state index contributed by atoms with van der Waals surface area (Å²) in [5.74, 6) is -0.999. The second-order valence-corrected chi connectivity index (χ2v) is 6.98. The van der Waals surface area contributed by atoms with E-state index >= 15 is 0 Å². The highest BCUT2D eigenvalue weighted by molar-refractivity contribution is 5.91. The molecular weight excluding hydrogens is 366 g/mol. The molecule has 2 N–H and O–H groups in total. The third-order valence-corrected chi connectivity index (χ3v) is 5.31. The number of aryl methyl sites for hydroxylation is 1. The lowest BCUT2D eigenvalue weighted by Crippen LogP contribution is -2.18. The molecule has 3 aromatic carbocycles. The van der Waals surface area contributed by atoms with E-state index in [-0.39, 0.29) is 18.1 Å². The predicted molar refractivity (Wildman–Crippen MR) is 111 cm³/mol. The summed E-state index contributed by atoms with van der Waals surface area (Å²) in [4.78, 5) is 23.6. The first kappa shape index (κ1) is 18.7. The summed E-state index contributed by atoms with van der Waals surface area (Å²) in [6.07, 6.45) is 0.0461. The highest BCUT2D eigenvalue weighted by Gasteiger charge is 2.29. The van der Waals surface area contributed by atoms with E-state index in [4.69, 9.17) is 9.84 Å². The molecule has 0 spiro atoms. The smallest absolute Gasteiger partial charge is 0.411 e. The van der Waals surface area contributed by atoms with E-state index in [0.717, 1.165) is 16.7 Å². The van der Waals surface area contributed by atoms with Crippen LogP contribution in [-0.4, -0.2) is 23.8 Å². The molecule has 0 bridgehead atoms. The van der Waals surface area contributed by atoms with Crippen LogP contribution in [0.15, 0.2) is 66.7 Å². The third kappa shape index (κ3) is 3.59. The van der Waals surface area contributed by atoms with Gasteiger partial charge in [0.2, 0.25) is 0 Å². The van der Waals surface area contributed by atoms with Gasteiger partial charge in [-0.15, -0.1) is 0 Å². The molecule has 3 aromatic rings. The number of benzene rings is 3. The maximum absolute atomic E-state index is 12.4. The Morgan fingerprint density at radius 3 is 2.17 bits per heavy atom. The van der Waals surface area contributed by atoms with Gasteiger partial charge in [-0.1, -0.05) is 55.5 Å². The molecule has 0 radical (unpaired) electrons. The summed E-state index contributed by atoms with van der Waals surface area (Å²) in [6.45, 7) is 2.14. The fourth-order valence-electron chi connectivity index (χ4n) is 3.89. The van der Waals surface area contributed by atoms with Crippen molar-refractivity contribution in [3.63, 3.8) is 0 Å². The molecule has 5 heteroatoms. The fourth-order valence-corrected chi connectivity index (χ4v) is 3.89. The number of nitrogens with one attached hydrogen (secondary N) is 1. The van der Waals surface area contributed by atoms with Crippen LogP contribution in [0, 0.1) is 0 Å². The molecule has 146 valence electrons. The minimum atomic E-state index is -0.993. The Morgan fingerprint density at radius 1 is 0.966 bits per heavy atom. The van der Waals surface area contributed by atoms with Gasteiger partial charge in [0.1, 0.15) is 6.61 Å². The largest absolute Gasteiger partial charge is 0.478 e. The molecule has 0 saturated heterocycles. The van der Waals surface area contributed by atoms with Crippen LogP contribution in [0.5, 0.6) is 0 Å². The van der Waals surface area contributed by atoms with Crippen molar-refractivity contribution in [2.75, 3.05) is 11.9 Å². The van der Waals surface area contributed by atoms with Gasteiger partial charge in [-0.3, -0.25) is 5.32 Å². The number of hydrogen-bond donors (Lipinski definition) is 2. The number of carboxylic acid groups (broad SMARTS) is 1. The SMILES string of the molecule is CCc1cc(C(=O)O)ccc1NC(=O)OCC1c2ccccc2-c2ccccc21. The van der Waals surface area contributed by atoms with E-state index in [1.165, 1.54) is 17.2 Å². The Balaban J connectivity index is 1.49.